The number of Topliss-reactive ketones (excluding diaryl/α,β-unsaturated/α-hetero) is 1. The number of benzene rings is 2. The van der Waals surface area contributed by atoms with E-state index in [4.69, 9.17) is 14.2 Å². The van der Waals surface area contributed by atoms with Crippen LogP contribution in [0.25, 0.3) is 0 Å². The normalized spacial score (nSPS) is 11.6. The van der Waals surface area contributed by atoms with Crippen LogP contribution in [0.2, 0.25) is 0 Å². The van der Waals surface area contributed by atoms with E-state index < -0.39 is 0 Å². The lowest BCUT2D eigenvalue weighted by molar-refractivity contribution is 0.0915. The van der Waals surface area contributed by atoms with Crippen LogP contribution in [0, 0.1) is 0 Å². The summed E-state index contributed by atoms with van der Waals surface area (Å²) in [7, 11) is 3.36. The SMILES string of the molecule is COC[C@H](C)Oc1cc(Oc2ccc(C(C)=O)cc2)cc(C(=O)Nc2ccn(C)n2)c1. The molecule has 0 saturated heterocycles. The fraction of sp³-hybridized carbons (Fsp3) is 0.261. The van der Waals surface area contributed by atoms with Gasteiger partial charge >= 0.3 is 0 Å². The molecule has 1 heterocycles. The molecular weight excluding hydrogens is 398 g/mol. The van der Waals surface area contributed by atoms with Gasteiger partial charge in [0, 0.05) is 43.6 Å². The third kappa shape index (κ3) is 6.16. The Balaban J connectivity index is 1.86. The van der Waals surface area contributed by atoms with Gasteiger partial charge < -0.3 is 19.5 Å². The number of ketones is 1. The largest absolute Gasteiger partial charge is 0.488 e. The van der Waals surface area contributed by atoms with Crippen molar-refractivity contribution in [1.29, 1.82) is 0 Å². The van der Waals surface area contributed by atoms with Gasteiger partial charge in [-0.1, -0.05) is 0 Å². The molecule has 8 heteroatoms. The van der Waals surface area contributed by atoms with Crippen molar-refractivity contribution < 1.29 is 23.8 Å². The van der Waals surface area contributed by atoms with Gasteiger partial charge in [0.2, 0.25) is 0 Å². The van der Waals surface area contributed by atoms with E-state index in [2.05, 4.69) is 10.4 Å². The Kier molecular flexibility index (Phi) is 7.04. The Hall–Kier alpha value is -3.65. The van der Waals surface area contributed by atoms with Crippen LogP contribution in [0.3, 0.4) is 0 Å². The number of hydrogen-bond donors (Lipinski definition) is 1. The second-order valence-electron chi connectivity index (χ2n) is 7.09. The van der Waals surface area contributed by atoms with E-state index in [0.717, 1.165) is 0 Å². The van der Waals surface area contributed by atoms with Gasteiger partial charge in [-0.3, -0.25) is 14.3 Å². The van der Waals surface area contributed by atoms with Gasteiger partial charge in [0.15, 0.2) is 11.6 Å². The summed E-state index contributed by atoms with van der Waals surface area (Å²) in [6.07, 6.45) is 1.52. The molecule has 31 heavy (non-hydrogen) atoms. The van der Waals surface area contributed by atoms with Crippen molar-refractivity contribution in [3.8, 4) is 17.2 Å². The highest BCUT2D eigenvalue weighted by Crippen LogP contribution is 2.29. The predicted molar refractivity (Wildman–Crippen MR) is 116 cm³/mol. The first-order valence-electron chi connectivity index (χ1n) is 9.74. The number of carbonyl (C=O) groups excluding carboxylic acids is 2. The lowest BCUT2D eigenvalue weighted by Crippen LogP contribution is -2.18. The van der Waals surface area contributed by atoms with Crippen LogP contribution >= 0.6 is 0 Å². The molecule has 0 radical (unpaired) electrons. The Morgan fingerprint density at radius 2 is 1.74 bits per heavy atom. The number of methoxy groups -OCH3 is 1. The van der Waals surface area contributed by atoms with Crippen LogP contribution in [0.5, 0.6) is 17.2 Å². The first-order chi connectivity index (χ1) is 14.8. The van der Waals surface area contributed by atoms with Gasteiger partial charge in [-0.05, 0) is 50.2 Å². The van der Waals surface area contributed by atoms with Crippen molar-refractivity contribution in [2.75, 3.05) is 19.0 Å². The van der Waals surface area contributed by atoms with Gasteiger partial charge in [-0.15, -0.1) is 0 Å². The first-order valence-corrected chi connectivity index (χ1v) is 9.74. The molecule has 2 aromatic carbocycles. The molecule has 0 aliphatic rings. The average molecular weight is 423 g/mol. The molecule has 0 aliphatic carbocycles. The van der Waals surface area contributed by atoms with Crippen LogP contribution < -0.4 is 14.8 Å². The fourth-order valence-corrected chi connectivity index (χ4v) is 2.89. The zero-order valence-corrected chi connectivity index (χ0v) is 17.9. The number of amides is 1. The van der Waals surface area contributed by atoms with Gasteiger partial charge in [-0.2, -0.15) is 5.10 Å². The zero-order chi connectivity index (χ0) is 22.4. The van der Waals surface area contributed by atoms with Gasteiger partial charge in [0.25, 0.3) is 5.91 Å². The van der Waals surface area contributed by atoms with E-state index in [9.17, 15) is 9.59 Å². The quantitative estimate of drug-likeness (QED) is 0.522. The molecule has 0 saturated carbocycles. The Bertz CT molecular complexity index is 1060. The smallest absolute Gasteiger partial charge is 0.257 e. The summed E-state index contributed by atoms with van der Waals surface area (Å²) in [5.74, 6) is 1.48. The summed E-state index contributed by atoms with van der Waals surface area (Å²) in [6.45, 7) is 3.77. The highest BCUT2D eigenvalue weighted by atomic mass is 16.5. The van der Waals surface area contributed by atoms with E-state index >= 15 is 0 Å². The molecule has 0 aliphatic heterocycles. The molecule has 0 unspecified atom stereocenters. The Labute approximate surface area is 180 Å². The highest BCUT2D eigenvalue weighted by Gasteiger charge is 2.14. The van der Waals surface area contributed by atoms with Crippen LogP contribution in [0.1, 0.15) is 34.6 Å². The van der Waals surface area contributed by atoms with E-state index in [1.54, 1.807) is 73.6 Å². The molecule has 3 aromatic rings. The summed E-state index contributed by atoms with van der Waals surface area (Å²) in [5.41, 5.74) is 0.941. The minimum Gasteiger partial charge on any atom is -0.488 e. The Morgan fingerprint density at radius 3 is 2.35 bits per heavy atom. The van der Waals surface area contributed by atoms with Crippen molar-refractivity contribution in [2.45, 2.75) is 20.0 Å². The van der Waals surface area contributed by atoms with Crippen LogP contribution in [0.4, 0.5) is 5.82 Å². The summed E-state index contributed by atoms with van der Waals surface area (Å²) in [4.78, 5) is 24.2. The lowest BCUT2D eigenvalue weighted by Gasteiger charge is -2.16. The molecule has 1 aromatic heterocycles. The maximum absolute atomic E-state index is 12.8. The number of aromatic nitrogens is 2. The predicted octanol–water partition coefficient (Wildman–Crippen LogP) is 4.08. The van der Waals surface area contributed by atoms with E-state index in [1.165, 1.54) is 6.92 Å². The van der Waals surface area contributed by atoms with Crippen LogP contribution in [-0.2, 0) is 11.8 Å². The van der Waals surface area contributed by atoms with Crippen molar-refractivity contribution in [3.63, 3.8) is 0 Å². The van der Waals surface area contributed by atoms with Gasteiger partial charge in [-0.25, -0.2) is 0 Å². The maximum atomic E-state index is 12.8. The number of aryl methyl sites for hydroxylation is 1. The summed E-state index contributed by atoms with van der Waals surface area (Å²) >= 11 is 0. The van der Waals surface area contributed by atoms with Crippen molar-refractivity contribution >= 4 is 17.5 Å². The van der Waals surface area contributed by atoms with Gasteiger partial charge in [0.05, 0.1) is 6.61 Å². The monoisotopic (exact) mass is 423 g/mol. The van der Waals surface area contributed by atoms with Gasteiger partial charge in [0.1, 0.15) is 23.4 Å². The number of carbonyl (C=O) groups is 2. The number of nitrogens with one attached hydrogen (secondary N) is 1. The Morgan fingerprint density at radius 1 is 1.03 bits per heavy atom. The minimum absolute atomic E-state index is 0.0254. The molecule has 8 nitrogen and oxygen atoms in total. The first kappa shape index (κ1) is 22.0. The molecule has 162 valence electrons. The van der Waals surface area contributed by atoms with Crippen molar-refractivity contribution in [2.24, 2.45) is 7.05 Å². The molecule has 3 rings (SSSR count). The topological polar surface area (TPSA) is 91.7 Å². The van der Waals surface area contributed by atoms with E-state index in [1.807, 2.05) is 6.92 Å². The summed E-state index contributed by atoms with van der Waals surface area (Å²) in [5, 5.41) is 6.91. The fourth-order valence-electron chi connectivity index (χ4n) is 2.89. The third-order valence-corrected chi connectivity index (χ3v) is 4.33. The number of nitrogens with zero attached hydrogens (tertiary/aromatic N) is 2. The molecule has 0 spiro atoms. The number of anilines is 1. The average Bonchev–Trinajstić information content (AvgIpc) is 3.13. The molecule has 1 N–H and O–H groups in total. The van der Waals surface area contributed by atoms with E-state index in [-0.39, 0.29) is 17.8 Å². The van der Waals surface area contributed by atoms with E-state index in [0.29, 0.717) is 40.8 Å². The second kappa shape index (κ2) is 9.90. The second-order valence-corrected chi connectivity index (χ2v) is 7.09. The van der Waals surface area contributed by atoms with Crippen molar-refractivity contribution in [3.05, 3.63) is 65.9 Å². The summed E-state index contributed by atoms with van der Waals surface area (Å²) < 4.78 is 18.5. The molecular formula is C23H25N3O5. The maximum Gasteiger partial charge on any atom is 0.257 e. The minimum atomic E-state index is -0.347. The highest BCUT2D eigenvalue weighted by molar-refractivity contribution is 6.04. The number of rotatable bonds is 9. The molecule has 0 fully saturated rings. The molecule has 1 atom stereocenters. The van der Waals surface area contributed by atoms with Crippen molar-refractivity contribution in [1.82, 2.24) is 9.78 Å². The van der Waals surface area contributed by atoms with Crippen LogP contribution in [-0.4, -0.2) is 41.3 Å². The lowest BCUT2D eigenvalue weighted by atomic mass is 10.1. The molecule has 1 amide bonds. The summed E-state index contributed by atoms with van der Waals surface area (Å²) in [6, 6.07) is 13.4. The standard InChI is InChI=1S/C23H25N3O5/c1-15(14-29-4)30-20-11-18(23(28)24-22-9-10-26(3)25-22)12-21(13-20)31-19-7-5-17(6-8-19)16(2)27/h5-13,15H,14H2,1-4H3,(H,24,25,28)/t15-/m0/s1. The molecule has 0 bridgehead atoms. The third-order valence-electron chi connectivity index (χ3n) is 4.33. The van der Waals surface area contributed by atoms with Crippen LogP contribution in [0.15, 0.2) is 54.7 Å². The zero-order valence-electron chi connectivity index (χ0n) is 17.9. The number of ether oxygens (including phenoxy) is 3. The number of hydrogen-bond acceptors (Lipinski definition) is 6.